The summed E-state index contributed by atoms with van der Waals surface area (Å²) >= 11 is 6.33. The van der Waals surface area contributed by atoms with Gasteiger partial charge in [-0.1, -0.05) is 23.7 Å². The third kappa shape index (κ3) is 7.80. The fourth-order valence-electron chi connectivity index (χ4n) is 3.79. The number of anilines is 1. The fraction of sp³-hybridized carbons (Fsp3) is 0.250. The van der Waals surface area contributed by atoms with Crippen LogP contribution in [0.3, 0.4) is 0 Å². The van der Waals surface area contributed by atoms with Gasteiger partial charge in [-0.05, 0) is 71.7 Å². The topological polar surface area (TPSA) is 107 Å². The molecule has 0 unspecified atom stereocenters. The quantitative estimate of drug-likeness (QED) is 0.325. The maximum absolute atomic E-state index is 12.7. The predicted octanol–water partition coefficient (Wildman–Crippen LogP) is 4.06. The van der Waals surface area contributed by atoms with Crippen molar-refractivity contribution in [3.63, 3.8) is 0 Å². The second-order valence-electron chi connectivity index (χ2n) is 8.50. The Kier molecular flexibility index (Phi) is 9.13. The smallest absolute Gasteiger partial charge is 0.254 e. The Bertz CT molecular complexity index is 1240. The molecule has 2 amide bonds. The molecule has 0 aliphatic carbocycles. The maximum atomic E-state index is 12.7. The molecule has 1 saturated heterocycles. The fourth-order valence-corrected chi connectivity index (χ4v) is 4.01. The summed E-state index contributed by atoms with van der Waals surface area (Å²) < 4.78 is 11.2. The number of ether oxygens (including phenoxy) is 2. The Morgan fingerprint density at radius 1 is 1.08 bits per heavy atom. The number of halogens is 1. The molecule has 0 saturated carbocycles. The number of hydrogen-bond acceptors (Lipinski definition) is 6. The minimum Gasteiger partial charge on any atom is -0.493 e. The number of hydrogen-bond donors (Lipinski definition) is 2. The highest BCUT2D eigenvalue weighted by molar-refractivity contribution is 6.31. The van der Waals surface area contributed by atoms with Gasteiger partial charge < -0.3 is 25.4 Å². The third-order valence-electron chi connectivity index (χ3n) is 5.76. The number of pyridine rings is 1. The lowest BCUT2D eigenvalue weighted by Gasteiger charge is -2.26. The van der Waals surface area contributed by atoms with Crippen LogP contribution in [0.4, 0.5) is 5.82 Å². The molecule has 2 heterocycles. The van der Waals surface area contributed by atoms with Crippen molar-refractivity contribution in [2.75, 3.05) is 45.2 Å². The van der Waals surface area contributed by atoms with E-state index in [0.717, 1.165) is 16.7 Å². The van der Waals surface area contributed by atoms with Crippen molar-refractivity contribution in [3.05, 3.63) is 83.0 Å². The molecule has 4 rings (SSSR count). The lowest BCUT2D eigenvalue weighted by Crippen LogP contribution is -2.40. The Balaban J connectivity index is 1.25. The number of amides is 2. The first-order chi connectivity index (χ1) is 18.0. The highest BCUT2D eigenvalue weighted by Gasteiger charge is 2.18. The number of aromatic nitrogens is 1. The van der Waals surface area contributed by atoms with Crippen molar-refractivity contribution in [3.8, 4) is 16.9 Å². The maximum Gasteiger partial charge on any atom is 0.254 e. The van der Waals surface area contributed by atoms with Crippen LogP contribution in [0.1, 0.15) is 22.3 Å². The van der Waals surface area contributed by atoms with Gasteiger partial charge in [-0.3, -0.25) is 9.59 Å². The van der Waals surface area contributed by atoms with Gasteiger partial charge in [0.25, 0.3) is 5.91 Å². The number of morpholine rings is 1. The molecule has 9 heteroatoms. The average molecular weight is 521 g/mol. The lowest BCUT2D eigenvalue weighted by molar-refractivity contribution is -0.116. The van der Waals surface area contributed by atoms with Crippen molar-refractivity contribution < 1.29 is 19.1 Å². The van der Waals surface area contributed by atoms with Crippen molar-refractivity contribution >= 4 is 35.3 Å². The highest BCUT2D eigenvalue weighted by atomic mass is 35.5. The Hall–Kier alpha value is -3.88. The summed E-state index contributed by atoms with van der Waals surface area (Å²) in [6.07, 6.45) is 5.36. The second kappa shape index (κ2) is 12.9. The van der Waals surface area contributed by atoms with Crippen molar-refractivity contribution in [1.82, 2.24) is 15.2 Å². The van der Waals surface area contributed by atoms with Crippen molar-refractivity contribution in [2.24, 2.45) is 0 Å². The van der Waals surface area contributed by atoms with E-state index in [0.29, 0.717) is 68.0 Å². The van der Waals surface area contributed by atoms with Gasteiger partial charge >= 0.3 is 0 Å². The molecule has 0 bridgehead atoms. The first-order valence-corrected chi connectivity index (χ1v) is 12.4. The summed E-state index contributed by atoms with van der Waals surface area (Å²) in [5, 5.41) is 3.37. The summed E-state index contributed by atoms with van der Waals surface area (Å²) in [5.41, 5.74) is 8.82. The summed E-state index contributed by atoms with van der Waals surface area (Å²) in [6, 6.07) is 16.5. The standard InChI is InChI=1S/C28H29ClN4O4/c29-24-16-23(21-4-6-22(7-5-21)28(35)33-11-14-36-15-12-33)17-25(18-24)37-13-1-10-31-27(34)9-3-20-2-8-26(30)32-19-20/h2-9,16-19H,1,10-15H2,(H2,30,32)(H,31,34). The van der Waals surface area contributed by atoms with Crippen LogP contribution < -0.4 is 15.8 Å². The van der Waals surface area contributed by atoms with Crippen LogP contribution in [-0.2, 0) is 9.53 Å². The minimum atomic E-state index is -0.197. The molecule has 192 valence electrons. The van der Waals surface area contributed by atoms with Crippen LogP contribution in [0.25, 0.3) is 17.2 Å². The Labute approximate surface area is 221 Å². The molecule has 3 N–H and O–H groups in total. The molecular formula is C28H29ClN4O4. The van der Waals surface area contributed by atoms with Gasteiger partial charge in [0.1, 0.15) is 11.6 Å². The number of nitrogen functional groups attached to an aromatic ring is 1. The van der Waals surface area contributed by atoms with E-state index in [-0.39, 0.29) is 11.8 Å². The molecule has 1 aliphatic heterocycles. The number of nitrogens with zero attached hydrogens (tertiary/aromatic N) is 2. The monoisotopic (exact) mass is 520 g/mol. The molecule has 3 aromatic rings. The van der Waals surface area contributed by atoms with Crippen LogP contribution in [-0.4, -0.2) is 61.2 Å². The van der Waals surface area contributed by atoms with Crippen molar-refractivity contribution in [2.45, 2.75) is 6.42 Å². The number of carbonyl (C=O) groups is 2. The Morgan fingerprint density at radius 3 is 2.59 bits per heavy atom. The van der Waals surface area contributed by atoms with Crippen molar-refractivity contribution in [1.29, 1.82) is 0 Å². The average Bonchev–Trinajstić information content (AvgIpc) is 2.92. The normalized spacial score (nSPS) is 13.5. The number of benzene rings is 2. The molecule has 2 aromatic carbocycles. The van der Waals surface area contributed by atoms with Crippen LogP contribution in [0.15, 0.2) is 66.9 Å². The van der Waals surface area contributed by atoms with E-state index in [1.54, 1.807) is 35.4 Å². The minimum absolute atomic E-state index is 0.00908. The molecule has 8 nitrogen and oxygen atoms in total. The largest absolute Gasteiger partial charge is 0.493 e. The first kappa shape index (κ1) is 26.2. The molecule has 37 heavy (non-hydrogen) atoms. The molecule has 1 aliphatic rings. The van der Waals surface area contributed by atoms with Gasteiger partial charge in [0, 0.05) is 42.5 Å². The number of carbonyl (C=O) groups excluding carboxylic acids is 2. The van der Waals surface area contributed by atoms with Gasteiger partial charge in [0.15, 0.2) is 0 Å². The van der Waals surface area contributed by atoms with Crippen LogP contribution >= 0.6 is 11.6 Å². The van der Waals surface area contributed by atoms with Crippen LogP contribution in [0.2, 0.25) is 5.02 Å². The van der Waals surface area contributed by atoms with E-state index in [1.807, 2.05) is 36.4 Å². The zero-order valence-electron chi connectivity index (χ0n) is 20.4. The van der Waals surface area contributed by atoms with Gasteiger partial charge in [0.05, 0.1) is 19.8 Å². The second-order valence-corrected chi connectivity index (χ2v) is 8.94. The summed E-state index contributed by atoms with van der Waals surface area (Å²) in [6.45, 7) is 3.24. The SMILES string of the molecule is Nc1ccc(C=CC(=O)NCCCOc2cc(Cl)cc(-c3ccc(C(=O)N4CCOCC4)cc3)c2)cn1. The molecule has 0 radical (unpaired) electrons. The molecule has 1 aromatic heterocycles. The van der Waals surface area contributed by atoms with Crippen LogP contribution in [0, 0.1) is 0 Å². The molecule has 1 fully saturated rings. The summed E-state index contributed by atoms with van der Waals surface area (Å²) in [5.74, 6) is 0.882. The zero-order valence-corrected chi connectivity index (χ0v) is 21.1. The molecule has 0 spiro atoms. The number of rotatable bonds is 9. The van der Waals surface area contributed by atoms with Gasteiger partial charge in [0.2, 0.25) is 5.91 Å². The highest BCUT2D eigenvalue weighted by Crippen LogP contribution is 2.29. The summed E-state index contributed by atoms with van der Waals surface area (Å²) in [7, 11) is 0. The number of nitrogens with one attached hydrogen (secondary N) is 1. The molecule has 0 atom stereocenters. The third-order valence-corrected chi connectivity index (χ3v) is 5.98. The molecular weight excluding hydrogens is 492 g/mol. The summed E-state index contributed by atoms with van der Waals surface area (Å²) in [4.78, 5) is 30.5. The van der Waals surface area contributed by atoms with E-state index in [4.69, 9.17) is 26.8 Å². The van der Waals surface area contributed by atoms with Crippen LogP contribution in [0.5, 0.6) is 5.75 Å². The predicted molar refractivity (Wildman–Crippen MR) is 144 cm³/mol. The van der Waals surface area contributed by atoms with E-state index in [9.17, 15) is 9.59 Å². The van der Waals surface area contributed by atoms with Gasteiger partial charge in [-0.25, -0.2) is 4.98 Å². The van der Waals surface area contributed by atoms with E-state index in [1.165, 1.54) is 6.08 Å². The Morgan fingerprint density at radius 2 is 1.86 bits per heavy atom. The van der Waals surface area contributed by atoms with E-state index in [2.05, 4.69) is 10.3 Å². The van der Waals surface area contributed by atoms with Gasteiger partial charge in [-0.15, -0.1) is 0 Å². The van der Waals surface area contributed by atoms with E-state index < -0.39 is 0 Å². The van der Waals surface area contributed by atoms with E-state index >= 15 is 0 Å². The zero-order chi connectivity index (χ0) is 26.0. The number of nitrogens with two attached hydrogens (primary N) is 1. The van der Waals surface area contributed by atoms with Gasteiger partial charge in [-0.2, -0.15) is 0 Å². The first-order valence-electron chi connectivity index (χ1n) is 12.1. The lowest BCUT2D eigenvalue weighted by atomic mass is 10.0.